The smallest absolute Gasteiger partial charge is 0.283 e. The Labute approximate surface area is 167 Å². The zero-order valence-corrected chi connectivity index (χ0v) is 17.3. The summed E-state index contributed by atoms with van der Waals surface area (Å²) in [6, 6.07) is 6.54. The third-order valence-corrected chi connectivity index (χ3v) is 7.22. The highest BCUT2D eigenvalue weighted by Crippen LogP contribution is 2.46. The summed E-state index contributed by atoms with van der Waals surface area (Å²) >= 11 is 0. The molecule has 1 saturated carbocycles. The standard InChI is InChI=1S/C21H29NO5S/c1-17-7-9-18(10-8-17)28(25,26)27-14-6-2-5-13-22-19(23)15-21(16-20(22)24)11-3-4-12-21/h7-10H,2-6,11-16H2,1H3. The highest BCUT2D eigenvalue weighted by Gasteiger charge is 2.44. The molecule has 3 rings (SSSR count). The number of likely N-dealkylation sites (tertiary alicyclic amines) is 1. The van der Waals surface area contributed by atoms with Crippen LogP contribution >= 0.6 is 0 Å². The number of carbonyl (C=O) groups is 2. The number of carbonyl (C=O) groups excluding carboxylic acids is 2. The predicted octanol–water partition coefficient (Wildman–Crippen LogP) is 3.58. The predicted molar refractivity (Wildman–Crippen MR) is 105 cm³/mol. The van der Waals surface area contributed by atoms with Crippen molar-refractivity contribution in [1.82, 2.24) is 4.90 Å². The van der Waals surface area contributed by atoms with E-state index in [0.29, 0.717) is 38.6 Å². The van der Waals surface area contributed by atoms with Gasteiger partial charge >= 0.3 is 0 Å². The molecule has 1 aromatic rings. The van der Waals surface area contributed by atoms with Gasteiger partial charge in [0.2, 0.25) is 11.8 Å². The van der Waals surface area contributed by atoms with Gasteiger partial charge in [0, 0.05) is 19.4 Å². The van der Waals surface area contributed by atoms with Crippen molar-refractivity contribution in [1.29, 1.82) is 0 Å². The molecule has 1 aromatic carbocycles. The maximum Gasteiger partial charge on any atom is 0.296 e. The Kier molecular flexibility index (Phi) is 6.55. The quantitative estimate of drug-likeness (QED) is 0.374. The first-order valence-corrected chi connectivity index (χ1v) is 11.5. The number of benzene rings is 1. The van der Waals surface area contributed by atoms with E-state index in [1.807, 2.05) is 6.92 Å². The SMILES string of the molecule is Cc1ccc(S(=O)(=O)OCCCCCN2C(=O)CC3(CCCC3)CC2=O)cc1. The van der Waals surface area contributed by atoms with Crippen LogP contribution in [0.4, 0.5) is 0 Å². The normalized spacial score (nSPS) is 19.5. The second-order valence-electron chi connectivity index (χ2n) is 8.15. The Hall–Kier alpha value is -1.73. The number of nitrogens with zero attached hydrogens (tertiary/aromatic N) is 1. The Morgan fingerprint density at radius 2 is 1.57 bits per heavy atom. The number of amides is 2. The van der Waals surface area contributed by atoms with E-state index in [0.717, 1.165) is 31.2 Å². The largest absolute Gasteiger partial charge is 0.296 e. The van der Waals surface area contributed by atoms with Crippen LogP contribution in [0.15, 0.2) is 29.2 Å². The monoisotopic (exact) mass is 407 g/mol. The lowest BCUT2D eigenvalue weighted by atomic mass is 9.76. The zero-order chi connectivity index (χ0) is 20.2. The van der Waals surface area contributed by atoms with Gasteiger partial charge in [0.25, 0.3) is 10.1 Å². The fourth-order valence-electron chi connectivity index (χ4n) is 4.25. The maximum absolute atomic E-state index is 12.4. The summed E-state index contributed by atoms with van der Waals surface area (Å²) in [7, 11) is -3.73. The number of unbranched alkanes of at least 4 members (excludes halogenated alkanes) is 2. The molecule has 1 aliphatic carbocycles. The van der Waals surface area contributed by atoms with Gasteiger partial charge in [0.15, 0.2) is 0 Å². The third-order valence-electron chi connectivity index (χ3n) is 5.89. The van der Waals surface area contributed by atoms with Crippen molar-refractivity contribution in [2.75, 3.05) is 13.2 Å². The lowest BCUT2D eigenvalue weighted by molar-refractivity contribution is -0.153. The van der Waals surface area contributed by atoms with E-state index in [1.165, 1.54) is 17.0 Å². The van der Waals surface area contributed by atoms with Gasteiger partial charge in [0.1, 0.15) is 0 Å². The molecule has 1 spiro atoms. The van der Waals surface area contributed by atoms with Gasteiger partial charge < -0.3 is 0 Å². The van der Waals surface area contributed by atoms with Crippen LogP contribution in [0.1, 0.15) is 63.4 Å². The highest BCUT2D eigenvalue weighted by atomic mass is 32.2. The number of piperidine rings is 1. The highest BCUT2D eigenvalue weighted by molar-refractivity contribution is 7.86. The minimum absolute atomic E-state index is 0.0450. The van der Waals surface area contributed by atoms with Gasteiger partial charge in [-0.15, -0.1) is 0 Å². The van der Waals surface area contributed by atoms with Gasteiger partial charge in [-0.1, -0.05) is 30.5 Å². The molecule has 6 nitrogen and oxygen atoms in total. The van der Waals surface area contributed by atoms with Crippen molar-refractivity contribution in [3.63, 3.8) is 0 Å². The van der Waals surface area contributed by atoms with Crippen molar-refractivity contribution >= 4 is 21.9 Å². The lowest BCUT2D eigenvalue weighted by Crippen LogP contribution is -2.47. The second kappa shape index (κ2) is 8.74. The first-order chi connectivity index (χ1) is 13.3. The molecule has 2 fully saturated rings. The summed E-state index contributed by atoms with van der Waals surface area (Å²) in [6.45, 7) is 2.41. The van der Waals surface area contributed by atoms with Crippen LogP contribution < -0.4 is 0 Å². The number of aryl methyl sites for hydroxylation is 1. The molecule has 0 aromatic heterocycles. The molecule has 0 unspecified atom stereocenters. The summed E-state index contributed by atoms with van der Waals surface area (Å²) in [5.41, 5.74) is 0.919. The van der Waals surface area contributed by atoms with E-state index in [1.54, 1.807) is 12.1 Å². The summed E-state index contributed by atoms with van der Waals surface area (Å²) < 4.78 is 29.3. The van der Waals surface area contributed by atoms with Crippen molar-refractivity contribution in [2.24, 2.45) is 5.41 Å². The molecule has 1 aliphatic heterocycles. The van der Waals surface area contributed by atoms with Crippen molar-refractivity contribution in [2.45, 2.75) is 69.6 Å². The summed E-state index contributed by atoms with van der Waals surface area (Å²) in [6.07, 6.45) is 7.14. The van der Waals surface area contributed by atoms with Crippen LogP contribution in [-0.2, 0) is 23.9 Å². The van der Waals surface area contributed by atoms with Crippen molar-refractivity contribution < 1.29 is 22.2 Å². The zero-order valence-electron chi connectivity index (χ0n) is 16.5. The van der Waals surface area contributed by atoms with Crippen LogP contribution in [-0.4, -0.2) is 38.3 Å². The van der Waals surface area contributed by atoms with E-state index < -0.39 is 10.1 Å². The van der Waals surface area contributed by atoms with E-state index in [4.69, 9.17) is 4.18 Å². The van der Waals surface area contributed by atoms with Gasteiger partial charge in [-0.2, -0.15) is 8.42 Å². The fraction of sp³-hybridized carbons (Fsp3) is 0.619. The second-order valence-corrected chi connectivity index (χ2v) is 9.76. The van der Waals surface area contributed by atoms with Crippen LogP contribution in [0.5, 0.6) is 0 Å². The van der Waals surface area contributed by atoms with Crippen LogP contribution in [0, 0.1) is 12.3 Å². The third kappa shape index (κ3) is 5.00. The Morgan fingerprint density at radius 1 is 0.964 bits per heavy atom. The van der Waals surface area contributed by atoms with Crippen LogP contribution in [0.3, 0.4) is 0 Å². The molecule has 1 saturated heterocycles. The molecule has 0 radical (unpaired) electrons. The Balaban J connectivity index is 1.37. The average molecular weight is 408 g/mol. The van der Waals surface area contributed by atoms with E-state index in [2.05, 4.69) is 0 Å². The summed E-state index contributed by atoms with van der Waals surface area (Å²) in [5.74, 6) is -0.0901. The molecule has 0 bridgehead atoms. The molecule has 2 amide bonds. The van der Waals surface area contributed by atoms with E-state index in [-0.39, 0.29) is 28.7 Å². The van der Waals surface area contributed by atoms with Crippen molar-refractivity contribution in [3.8, 4) is 0 Å². The Morgan fingerprint density at radius 3 is 2.18 bits per heavy atom. The molecular formula is C21H29NO5S. The number of hydrogen-bond acceptors (Lipinski definition) is 5. The van der Waals surface area contributed by atoms with Crippen LogP contribution in [0.25, 0.3) is 0 Å². The molecule has 7 heteroatoms. The maximum atomic E-state index is 12.4. The topological polar surface area (TPSA) is 80.8 Å². The van der Waals surface area contributed by atoms with Gasteiger partial charge in [0.05, 0.1) is 11.5 Å². The molecule has 0 N–H and O–H groups in total. The summed E-state index contributed by atoms with van der Waals surface area (Å²) in [5, 5.41) is 0. The Bertz CT molecular complexity index is 790. The van der Waals surface area contributed by atoms with Gasteiger partial charge in [-0.3, -0.25) is 18.7 Å². The van der Waals surface area contributed by atoms with Crippen molar-refractivity contribution in [3.05, 3.63) is 29.8 Å². The molecule has 0 atom stereocenters. The minimum atomic E-state index is -3.73. The van der Waals surface area contributed by atoms with E-state index in [9.17, 15) is 18.0 Å². The molecular weight excluding hydrogens is 378 g/mol. The van der Waals surface area contributed by atoms with E-state index >= 15 is 0 Å². The first-order valence-electron chi connectivity index (χ1n) is 10.1. The first kappa shape index (κ1) is 21.0. The fourth-order valence-corrected chi connectivity index (χ4v) is 5.20. The van der Waals surface area contributed by atoms with Crippen LogP contribution in [0.2, 0.25) is 0 Å². The minimum Gasteiger partial charge on any atom is -0.283 e. The molecule has 2 aliphatic rings. The number of rotatable bonds is 8. The number of imide groups is 1. The molecule has 28 heavy (non-hydrogen) atoms. The number of hydrogen-bond donors (Lipinski definition) is 0. The van der Waals surface area contributed by atoms with Gasteiger partial charge in [-0.25, -0.2) is 0 Å². The van der Waals surface area contributed by atoms with Gasteiger partial charge in [-0.05, 0) is 56.6 Å². The molecule has 154 valence electrons. The average Bonchev–Trinajstić information content (AvgIpc) is 3.07. The summed E-state index contributed by atoms with van der Waals surface area (Å²) in [4.78, 5) is 26.4. The molecule has 1 heterocycles. The lowest BCUT2D eigenvalue weighted by Gasteiger charge is -2.37.